The largest absolute Gasteiger partial charge is 0.317 e. The Morgan fingerprint density at radius 1 is 1.00 bits per heavy atom. The summed E-state index contributed by atoms with van der Waals surface area (Å²) in [6, 6.07) is 14.1. The summed E-state index contributed by atoms with van der Waals surface area (Å²) in [5.74, 6) is -1.64. The average Bonchev–Trinajstić information content (AvgIpc) is 3.17. The molecule has 5 nitrogen and oxygen atoms in total. The fraction of sp³-hybridized carbons (Fsp3) is 0. The fourth-order valence-corrected chi connectivity index (χ4v) is 3.69. The summed E-state index contributed by atoms with van der Waals surface area (Å²) in [6.07, 6.45) is 3.18. The molecule has 0 atom stereocenters. The summed E-state index contributed by atoms with van der Waals surface area (Å²) >= 11 is 17.5. The number of nitrogens with zero attached hydrogens (tertiary/aromatic N) is 2. The smallest absolute Gasteiger partial charge is 0.270 e. The maximum absolute atomic E-state index is 13.2. The Kier molecular flexibility index (Phi) is 5.42. The van der Waals surface area contributed by atoms with Crippen LogP contribution in [0.5, 0.6) is 0 Å². The summed E-state index contributed by atoms with van der Waals surface area (Å²) in [6.45, 7) is 0. The molecule has 0 radical (unpaired) electrons. The van der Waals surface area contributed by atoms with Gasteiger partial charge in [-0.15, -0.1) is 0 Å². The maximum atomic E-state index is 13.2. The first-order chi connectivity index (χ1) is 14.4. The molecule has 0 aliphatic carbocycles. The molecule has 2 aromatic carbocycles. The normalized spacial score (nSPS) is 15.6. The van der Waals surface area contributed by atoms with Crippen molar-refractivity contribution in [2.75, 3.05) is 4.90 Å². The molecule has 4 rings (SSSR count). The lowest BCUT2D eigenvalue weighted by atomic mass is 10.1. The van der Waals surface area contributed by atoms with Crippen molar-refractivity contribution in [3.63, 3.8) is 0 Å². The van der Waals surface area contributed by atoms with E-state index in [0.29, 0.717) is 11.4 Å². The van der Waals surface area contributed by atoms with E-state index in [-0.39, 0.29) is 32.2 Å². The monoisotopic (exact) mass is 459 g/mol. The lowest BCUT2D eigenvalue weighted by molar-refractivity contribution is -0.122. The lowest BCUT2D eigenvalue weighted by Crippen LogP contribution is -2.54. The second-order valence-electron chi connectivity index (χ2n) is 6.31. The van der Waals surface area contributed by atoms with Crippen molar-refractivity contribution in [2.24, 2.45) is 0 Å². The van der Waals surface area contributed by atoms with E-state index in [1.165, 1.54) is 18.2 Å². The van der Waals surface area contributed by atoms with Gasteiger partial charge in [0.15, 0.2) is 5.11 Å². The van der Waals surface area contributed by atoms with Crippen molar-refractivity contribution in [2.45, 2.75) is 0 Å². The minimum atomic E-state index is -0.639. The molecule has 1 aliphatic heterocycles. The highest BCUT2D eigenvalue weighted by atomic mass is 35.5. The number of carbonyl (C=O) groups excluding carboxylic acids is 2. The van der Waals surface area contributed by atoms with Crippen LogP contribution in [-0.2, 0) is 9.59 Å². The number of nitrogens with one attached hydrogen (secondary N) is 1. The molecular weight excluding hydrogens is 448 g/mol. The van der Waals surface area contributed by atoms with Crippen LogP contribution in [-0.4, -0.2) is 21.5 Å². The third-order valence-corrected chi connectivity index (χ3v) is 5.54. The predicted molar refractivity (Wildman–Crippen MR) is 118 cm³/mol. The Balaban J connectivity index is 1.77. The second kappa shape index (κ2) is 8.02. The van der Waals surface area contributed by atoms with Crippen LogP contribution in [0.1, 0.15) is 5.69 Å². The van der Waals surface area contributed by atoms with Gasteiger partial charge in [-0.1, -0.05) is 29.3 Å². The highest BCUT2D eigenvalue weighted by molar-refractivity contribution is 7.80. The van der Waals surface area contributed by atoms with Crippen molar-refractivity contribution < 1.29 is 14.0 Å². The maximum Gasteiger partial charge on any atom is 0.270 e. The molecule has 1 fully saturated rings. The first-order valence-electron chi connectivity index (χ1n) is 8.65. The molecule has 30 heavy (non-hydrogen) atoms. The van der Waals surface area contributed by atoms with Gasteiger partial charge in [-0.25, -0.2) is 4.39 Å². The molecule has 0 unspecified atom stereocenters. The number of benzene rings is 2. The van der Waals surface area contributed by atoms with Gasteiger partial charge in [0, 0.05) is 17.6 Å². The Labute approximate surface area is 186 Å². The number of carbonyl (C=O) groups is 2. The van der Waals surface area contributed by atoms with Crippen LogP contribution in [0, 0.1) is 5.82 Å². The molecule has 1 N–H and O–H groups in total. The van der Waals surface area contributed by atoms with Crippen LogP contribution < -0.4 is 10.2 Å². The van der Waals surface area contributed by atoms with Gasteiger partial charge in [0.1, 0.15) is 11.4 Å². The highest BCUT2D eigenvalue weighted by Crippen LogP contribution is 2.34. The van der Waals surface area contributed by atoms with Crippen molar-refractivity contribution in [1.29, 1.82) is 0 Å². The van der Waals surface area contributed by atoms with Crippen molar-refractivity contribution >= 4 is 64.1 Å². The minimum absolute atomic E-state index is 0.0970. The van der Waals surface area contributed by atoms with Crippen molar-refractivity contribution in [3.8, 4) is 5.69 Å². The van der Waals surface area contributed by atoms with E-state index in [1.807, 2.05) is 0 Å². The van der Waals surface area contributed by atoms with E-state index in [9.17, 15) is 14.0 Å². The number of anilines is 1. The molecule has 150 valence electrons. The molecule has 0 saturated carbocycles. The third kappa shape index (κ3) is 3.63. The number of rotatable bonds is 3. The highest BCUT2D eigenvalue weighted by Gasteiger charge is 2.35. The topological polar surface area (TPSA) is 54.3 Å². The van der Waals surface area contributed by atoms with Gasteiger partial charge in [0.25, 0.3) is 11.8 Å². The lowest BCUT2D eigenvalue weighted by Gasteiger charge is -2.29. The molecule has 2 amide bonds. The summed E-state index contributed by atoms with van der Waals surface area (Å²) in [5.41, 5.74) is 1.34. The van der Waals surface area contributed by atoms with Gasteiger partial charge < -0.3 is 4.57 Å². The summed E-state index contributed by atoms with van der Waals surface area (Å²) in [4.78, 5) is 26.8. The van der Waals surface area contributed by atoms with E-state index in [1.54, 1.807) is 53.2 Å². The average molecular weight is 460 g/mol. The van der Waals surface area contributed by atoms with Crippen molar-refractivity contribution in [3.05, 3.63) is 87.9 Å². The van der Waals surface area contributed by atoms with Gasteiger partial charge in [0.2, 0.25) is 0 Å². The van der Waals surface area contributed by atoms with Crippen LogP contribution in [0.4, 0.5) is 10.1 Å². The molecule has 1 aromatic heterocycles. The van der Waals surface area contributed by atoms with Crippen molar-refractivity contribution in [1.82, 2.24) is 9.88 Å². The van der Waals surface area contributed by atoms with E-state index in [4.69, 9.17) is 35.4 Å². The van der Waals surface area contributed by atoms with Gasteiger partial charge in [-0.05, 0) is 66.8 Å². The summed E-state index contributed by atoms with van der Waals surface area (Å²) in [7, 11) is 0. The van der Waals surface area contributed by atoms with Gasteiger partial charge >= 0.3 is 0 Å². The zero-order valence-corrected chi connectivity index (χ0v) is 17.4. The Hall–Kier alpha value is -3.00. The van der Waals surface area contributed by atoms with Gasteiger partial charge in [-0.3, -0.25) is 19.8 Å². The quantitative estimate of drug-likeness (QED) is 0.349. The molecule has 1 saturated heterocycles. The standard InChI is InChI=1S/C21H12Cl2FN3O2S/c22-16-4-1-5-17(18(16)23)27-20(29)15(19(28)25-21(27)30)11-14-3-2-10-26(14)13-8-6-12(24)7-9-13/h1-11H,(H,25,28,30). The molecule has 2 heterocycles. The van der Waals surface area contributed by atoms with Crippen LogP contribution in [0.2, 0.25) is 10.0 Å². The van der Waals surface area contributed by atoms with Gasteiger partial charge in [0.05, 0.1) is 15.7 Å². The zero-order valence-electron chi connectivity index (χ0n) is 15.1. The van der Waals surface area contributed by atoms with E-state index in [0.717, 1.165) is 4.90 Å². The number of hydrogen-bond acceptors (Lipinski definition) is 3. The minimum Gasteiger partial charge on any atom is -0.317 e. The van der Waals surface area contributed by atoms with Crippen LogP contribution in [0.25, 0.3) is 11.8 Å². The molecule has 1 aliphatic rings. The molecule has 0 bridgehead atoms. The number of halogens is 3. The van der Waals surface area contributed by atoms with E-state index >= 15 is 0 Å². The number of thiocarbonyl (C=S) groups is 1. The molecule has 3 aromatic rings. The third-order valence-electron chi connectivity index (χ3n) is 4.45. The van der Waals surface area contributed by atoms with Crippen LogP contribution in [0.3, 0.4) is 0 Å². The molecular formula is C21H12Cl2FN3O2S. The number of aromatic nitrogens is 1. The second-order valence-corrected chi connectivity index (χ2v) is 7.48. The number of amides is 2. The Morgan fingerprint density at radius 3 is 2.47 bits per heavy atom. The van der Waals surface area contributed by atoms with Gasteiger partial charge in [-0.2, -0.15) is 0 Å². The van der Waals surface area contributed by atoms with Crippen LogP contribution in [0.15, 0.2) is 66.4 Å². The predicted octanol–water partition coefficient (Wildman–Crippen LogP) is 4.75. The zero-order chi connectivity index (χ0) is 21.4. The first-order valence-corrected chi connectivity index (χ1v) is 9.82. The van der Waals surface area contributed by atoms with E-state index in [2.05, 4.69) is 5.32 Å². The summed E-state index contributed by atoms with van der Waals surface area (Å²) < 4.78 is 15.0. The SMILES string of the molecule is O=C1NC(=S)N(c2cccc(Cl)c2Cl)C(=O)C1=Cc1cccn1-c1ccc(F)cc1. The number of hydrogen-bond donors (Lipinski definition) is 1. The van der Waals surface area contributed by atoms with Crippen LogP contribution >= 0.6 is 35.4 Å². The summed E-state index contributed by atoms with van der Waals surface area (Å²) in [5, 5.41) is 2.79. The van der Waals surface area contributed by atoms with E-state index < -0.39 is 11.8 Å². The Morgan fingerprint density at radius 2 is 1.73 bits per heavy atom. The Bertz CT molecular complexity index is 1220. The fourth-order valence-electron chi connectivity index (χ4n) is 3.04. The molecule has 9 heteroatoms. The first kappa shape index (κ1) is 20.3. The molecule has 0 spiro atoms.